The summed E-state index contributed by atoms with van der Waals surface area (Å²) in [6, 6.07) is 0. The maximum absolute atomic E-state index is 5.55. The maximum atomic E-state index is 5.55. The van der Waals surface area contributed by atoms with E-state index >= 15 is 0 Å². The Balaban J connectivity index is 2.59. The molecule has 1 aromatic heterocycles. The molecule has 0 atom stereocenters. The highest BCUT2D eigenvalue weighted by molar-refractivity contribution is 9.10. The van der Waals surface area contributed by atoms with E-state index in [0.29, 0.717) is 18.4 Å². The molecule has 0 amide bonds. The van der Waals surface area contributed by atoms with Gasteiger partial charge in [0.2, 0.25) is 11.8 Å². The van der Waals surface area contributed by atoms with Crippen molar-refractivity contribution in [3.8, 4) is 5.88 Å². The van der Waals surface area contributed by atoms with Crippen molar-refractivity contribution in [2.75, 3.05) is 39.1 Å². The normalized spacial score (nSPS) is 10.6. The number of nitrogens with one attached hydrogen (secondary N) is 1. The zero-order valence-electron chi connectivity index (χ0n) is 9.83. The average Bonchev–Trinajstić information content (AvgIpc) is 2.22. The van der Waals surface area contributed by atoms with Crippen LogP contribution in [0, 0.1) is 0 Å². The van der Waals surface area contributed by atoms with Crippen molar-refractivity contribution in [3.05, 3.63) is 10.7 Å². The van der Waals surface area contributed by atoms with Crippen LogP contribution in [0.2, 0.25) is 0 Å². The lowest BCUT2D eigenvalue weighted by Crippen LogP contribution is -2.20. The third-order valence-electron chi connectivity index (χ3n) is 1.82. The smallest absolute Gasteiger partial charge is 0.232 e. The number of rotatable bonds is 6. The summed E-state index contributed by atoms with van der Waals surface area (Å²) in [5.41, 5.74) is 0. The minimum absolute atomic E-state index is 0.577. The minimum atomic E-state index is 0.577. The quantitative estimate of drug-likeness (QED) is 0.862. The van der Waals surface area contributed by atoms with Crippen LogP contribution in [0.15, 0.2) is 10.7 Å². The van der Waals surface area contributed by atoms with E-state index < -0.39 is 0 Å². The van der Waals surface area contributed by atoms with Crippen LogP contribution in [0.1, 0.15) is 6.92 Å². The molecule has 5 nitrogen and oxygen atoms in total. The Morgan fingerprint density at radius 1 is 1.50 bits per heavy atom. The first-order valence-electron chi connectivity index (χ1n) is 5.17. The molecule has 0 spiro atoms. The number of nitrogens with zero attached hydrogens (tertiary/aromatic N) is 3. The van der Waals surface area contributed by atoms with Gasteiger partial charge in [0, 0.05) is 13.1 Å². The van der Waals surface area contributed by atoms with Gasteiger partial charge < -0.3 is 15.0 Å². The van der Waals surface area contributed by atoms with Gasteiger partial charge in [-0.3, -0.25) is 0 Å². The molecule has 0 bridgehead atoms. The molecule has 0 aliphatic heterocycles. The van der Waals surface area contributed by atoms with Crippen LogP contribution in [0.25, 0.3) is 0 Å². The lowest BCUT2D eigenvalue weighted by molar-refractivity contribution is 0.252. The third kappa shape index (κ3) is 4.32. The summed E-state index contributed by atoms with van der Waals surface area (Å²) >= 11 is 3.36. The Bertz CT molecular complexity index is 333. The van der Waals surface area contributed by atoms with E-state index in [9.17, 15) is 0 Å². The number of aromatic nitrogens is 2. The molecule has 0 fully saturated rings. The van der Waals surface area contributed by atoms with Crippen LogP contribution in [0.4, 0.5) is 5.95 Å². The first-order chi connectivity index (χ1) is 7.63. The van der Waals surface area contributed by atoms with E-state index in [0.717, 1.165) is 17.6 Å². The number of likely N-dealkylation sites (N-methyl/N-ethyl adjacent to an activating group) is 1. The monoisotopic (exact) mass is 288 g/mol. The van der Waals surface area contributed by atoms with E-state index in [4.69, 9.17) is 4.74 Å². The van der Waals surface area contributed by atoms with Crippen LogP contribution < -0.4 is 10.1 Å². The molecule has 6 heteroatoms. The second-order valence-electron chi connectivity index (χ2n) is 3.53. The van der Waals surface area contributed by atoms with Crippen molar-refractivity contribution in [2.45, 2.75) is 6.92 Å². The molecular weight excluding hydrogens is 272 g/mol. The van der Waals surface area contributed by atoms with Crippen molar-refractivity contribution >= 4 is 21.9 Å². The predicted octanol–water partition coefficient (Wildman–Crippen LogP) is 1.61. The third-order valence-corrected chi connectivity index (χ3v) is 2.37. The van der Waals surface area contributed by atoms with Crippen LogP contribution in [0.5, 0.6) is 5.88 Å². The van der Waals surface area contributed by atoms with E-state index in [-0.39, 0.29) is 0 Å². The van der Waals surface area contributed by atoms with Gasteiger partial charge in [0.05, 0.1) is 10.7 Å². The Hall–Kier alpha value is -0.880. The van der Waals surface area contributed by atoms with Crippen molar-refractivity contribution < 1.29 is 4.74 Å². The van der Waals surface area contributed by atoms with Gasteiger partial charge in [0.25, 0.3) is 0 Å². The van der Waals surface area contributed by atoms with Crippen molar-refractivity contribution in [3.63, 3.8) is 0 Å². The number of anilines is 1. The topological polar surface area (TPSA) is 50.3 Å². The van der Waals surface area contributed by atoms with Gasteiger partial charge >= 0.3 is 0 Å². The van der Waals surface area contributed by atoms with Crippen molar-refractivity contribution in [1.82, 2.24) is 14.9 Å². The van der Waals surface area contributed by atoms with Gasteiger partial charge in [0.15, 0.2) is 0 Å². The summed E-state index contributed by atoms with van der Waals surface area (Å²) in [7, 11) is 4.00. The highest BCUT2D eigenvalue weighted by atomic mass is 79.9. The van der Waals surface area contributed by atoms with Gasteiger partial charge in [0.1, 0.15) is 6.61 Å². The van der Waals surface area contributed by atoms with E-state index in [2.05, 4.69) is 36.1 Å². The van der Waals surface area contributed by atoms with Crippen LogP contribution in [0.3, 0.4) is 0 Å². The molecule has 0 aromatic carbocycles. The van der Waals surface area contributed by atoms with Crippen LogP contribution in [-0.4, -0.2) is 48.7 Å². The Kier molecular flexibility index (Phi) is 5.48. The van der Waals surface area contributed by atoms with Gasteiger partial charge in [-0.25, -0.2) is 4.98 Å². The maximum Gasteiger partial charge on any atom is 0.232 e. The lowest BCUT2D eigenvalue weighted by Gasteiger charge is -2.11. The molecule has 0 saturated carbocycles. The second-order valence-corrected chi connectivity index (χ2v) is 4.38. The van der Waals surface area contributed by atoms with E-state index in [1.807, 2.05) is 21.0 Å². The van der Waals surface area contributed by atoms with Gasteiger partial charge in [-0.15, -0.1) is 0 Å². The molecular formula is C10H17BrN4O. The molecule has 0 aliphatic carbocycles. The summed E-state index contributed by atoms with van der Waals surface area (Å²) in [5.74, 6) is 1.17. The summed E-state index contributed by atoms with van der Waals surface area (Å²) in [5, 5.41) is 3.04. The van der Waals surface area contributed by atoms with Gasteiger partial charge in [-0.05, 0) is 36.9 Å². The van der Waals surface area contributed by atoms with Gasteiger partial charge in [-0.1, -0.05) is 0 Å². The van der Waals surface area contributed by atoms with E-state index in [1.165, 1.54) is 0 Å². The van der Waals surface area contributed by atoms with Crippen molar-refractivity contribution in [2.24, 2.45) is 0 Å². The van der Waals surface area contributed by atoms with Crippen LogP contribution in [-0.2, 0) is 0 Å². The Labute approximate surface area is 104 Å². The van der Waals surface area contributed by atoms with Crippen molar-refractivity contribution in [1.29, 1.82) is 0 Å². The highest BCUT2D eigenvalue weighted by Crippen LogP contribution is 2.22. The fraction of sp³-hybridized carbons (Fsp3) is 0.600. The SMILES string of the molecule is CCNc1ncc(Br)c(OCCN(C)C)n1. The zero-order chi connectivity index (χ0) is 12.0. The molecule has 0 radical (unpaired) electrons. The summed E-state index contributed by atoms with van der Waals surface area (Å²) in [4.78, 5) is 10.4. The van der Waals surface area contributed by atoms with E-state index in [1.54, 1.807) is 6.20 Å². The number of halogens is 1. The fourth-order valence-corrected chi connectivity index (χ4v) is 1.33. The minimum Gasteiger partial charge on any atom is -0.475 e. The fourth-order valence-electron chi connectivity index (χ4n) is 1.02. The molecule has 0 aliphatic rings. The summed E-state index contributed by atoms with van der Waals surface area (Å²) in [6.07, 6.45) is 1.69. The molecule has 1 aromatic rings. The number of hydrogen-bond acceptors (Lipinski definition) is 5. The summed E-state index contributed by atoms with van der Waals surface area (Å²) in [6.45, 7) is 4.25. The largest absolute Gasteiger partial charge is 0.475 e. The molecule has 1 N–H and O–H groups in total. The van der Waals surface area contributed by atoms with Gasteiger partial charge in [-0.2, -0.15) is 4.98 Å². The Morgan fingerprint density at radius 3 is 2.88 bits per heavy atom. The second kappa shape index (κ2) is 6.65. The first-order valence-corrected chi connectivity index (χ1v) is 5.96. The molecule has 1 rings (SSSR count). The molecule has 16 heavy (non-hydrogen) atoms. The number of hydrogen-bond donors (Lipinski definition) is 1. The number of ether oxygens (including phenoxy) is 1. The molecule has 0 saturated heterocycles. The summed E-state index contributed by atoms with van der Waals surface area (Å²) < 4.78 is 6.33. The first kappa shape index (κ1) is 13.2. The lowest BCUT2D eigenvalue weighted by atomic mass is 10.6. The predicted molar refractivity (Wildman–Crippen MR) is 67.9 cm³/mol. The highest BCUT2D eigenvalue weighted by Gasteiger charge is 2.05. The zero-order valence-corrected chi connectivity index (χ0v) is 11.4. The standard InChI is InChI=1S/C10H17BrN4O/c1-4-12-10-13-7-8(11)9(14-10)16-6-5-15(2)3/h7H,4-6H2,1-3H3,(H,12,13,14). The van der Waals surface area contributed by atoms with Crippen LogP contribution >= 0.6 is 15.9 Å². The molecule has 1 heterocycles. The molecule has 0 unspecified atom stereocenters. The Morgan fingerprint density at radius 2 is 2.25 bits per heavy atom. The average molecular weight is 289 g/mol. The molecule has 90 valence electrons.